The minimum atomic E-state index is -0.771. The summed E-state index contributed by atoms with van der Waals surface area (Å²) in [5, 5.41) is 10.2. The second-order valence-corrected chi connectivity index (χ2v) is 11.7. The first-order valence-corrected chi connectivity index (χ1v) is 11.6. The van der Waals surface area contributed by atoms with E-state index in [-0.39, 0.29) is 23.4 Å². The zero-order valence-electron chi connectivity index (χ0n) is 18.3. The fraction of sp³-hybridized carbons (Fsp3) is 0.958. The molecule has 9 atom stereocenters. The molecule has 4 aliphatic carbocycles. The monoisotopic (exact) mass is 390 g/mol. The average molecular weight is 391 g/mol. The first kappa shape index (κ1) is 19.5. The molecule has 5 fully saturated rings. The first-order chi connectivity index (χ1) is 13.0. The van der Waals surface area contributed by atoms with Crippen molar-refractivity contribution in [3.05, 3.63) is 0 Å². The van der Waals surface area contributed by atoms with Gasteiger partial charge in [0, 0.05) is 5.41 Å². The predicted octanol–water partition coefficient (Wildman–Crippen LogP) is 4.48. The summed E-state index contributed by atoms with van der Waals surface area (Å²) in [6.45, 7) is 10.5. The van der Waals surface area contributed by atoms with Gasteiger partial charge in [-0.3, -0.25) is 4.79 Å². The standard InChI is InChI=1S/C24H38O4/c1-14(25)24-20(27-21(2,3)28-24)13-19-17-7-6-15-12-16(26)8-10-22(15,4)18(17)9-11-23(19,24)5/h15-20,26H,6-13H2,1-5H3/t15-,16+,17+,18-,19-,20+,22-,23-,24+/m0/s1. The molecule has 158 valence electrons. The van der Waals surface area contributed by atoms with Gasteiger partial charge in [-0.15, -0.1) is 0 Å². The molecule has 5 aliphatic rings. The van der Waals surface area contributed by atoms with Crippen LogP contribution in [0.3, 0.4) is 0 Å². The van der Waals surface area contributed by atoms with Crippen molar-refractivity contribution < 1.29 is 19.4 Å². The minimum absolute atomic E-state index is 0.0978. The maximum absolute atomic E-state index is 13.1. The number of hydrogen-bond acceptors (Lipinski definition) is 4. The molecule has 0 amide bonds. The number of carbonyl (C=O) groups excluding carboxylic acids is 1. The average Bonchev–Trinajstić information content (AvgIpc) is 3.02. The Balaban J connectivity index is 1.50. The van der Waals surface area contributed by atoms with Crippen molar-refractivity contribution in [2.45, 2.75) is 110 Å². The van der Waals surface area contributed by atoms with E-state index in [4.69, 9.17) is 9.47 Å². The van der Waals surface area contributed by atoms with Gasteiger partial charge in [0.1, 0.15) is 0 Å². The number of carbonyl (C=O) groups is 1. The lowest BCUT2D eigenvalue weighted by Gasteiger charge is -2.61. The van der Waals surface area contributed by atoms with Crippen molar-refractivity contribution in [3.63, 3.8) is 0 Å². The summed E-state index contributed by atoms with van der Waals surface area (Å²) in [5.74, 6) is 2.02. The molecular weight excluding hydrogens is 352 g/mol. The molecule has 1 saturated heterocycles. The molecule has 4 nitrogen and oxygen atoms in total. The Kier molecular flexibility index (Phi) is 4.06. The van der Waals surface area contributed by atoms with Crippen molar-refractivity contribution in [3.8, 4) is 0 Å². The largest absolute Gasteiger partial charge is 0.393 e. The summed E-state index contributed by atoms with van der Waals surface area (Å²) in [5.41, 5.74) is -0.548. The van der Waals surface area contributed by atoms with Gasteiger partial charge < -0.3 is 14.6 Å². The fourth-order valence-electron chi connectivity index (χ4n) is 8.98. The van der Waals surface area contributed by atoms with Crippen LogP contribution >= 0.6 is 0 Å². The lowest BCUT2D eigenvalue weighted by Crippen LogP contribution is -2.60. The quantitative estimate of drug-likeness (QED) is 0.717. The molecule has 0 bridgehead atoms. The molecule has 4 heteroatoms. The van der Waals surface area contributed by atoms with E-state index in [1.54, 1.807) is 6.92 Å². The van der Waals surface area contributed by atoms with Crippen LogP contribution in [0.15, 0.2) is 0 Å². The third-order valence-electron chi connectivity index (χ3n) is 10.2. The molecule has 0 radical (unpaired) electrons. The van der Waals surface area contributed by atoms with Crippen molar-refractivity contribution >= 4 is 5.78 Å². The van der Waals surface area contributed by atoms with Gasteiger partial charge in [-0.2, -0.15) is 0 Å². The SMILES string of the molecule is CC(=O)[C@@]12OC(C)(C)O[C@@H]1C[C@H]1[C@@H]3CC[C@H]4C[C@H](O)CC[C@]4(C)[C@H]3CC[C@@]12C. The highest BCUT2D eigenvalue weighted by Crippen LogP contribution is 2.71. The van der Waals surface area contributed by atoms with Gasteiger partial charge in [0.15, 0.2) is 17.2 Å². The fourth-order valence-corrected chi connectivity index (χ4v) is 8.98. The highest BCUT2D eigenvalue weighted by molar-refractivity contribution is 5.88. The predicted molar refractivity (Wildman–Crippen MR) is 107 cm³/mol. The highest BCUT2D eigenvalue weighted by Gasteiger charge is 2.75. The van der Waals surface area contributed by atoms with Crippen LogP contribution in [0.25, 0.3) is 0 Å². The van der Waals surface area contributed by atoms with Crippen molar-refractivity contribution in [2.75, 3.05) is 0 Å². The van der Waals surface area contributed by atoms with Crippen LogP contribution in [0.2, 0.25) is 0 Å². The van der Waals surface area contributed by atoms with Crippen LogP contribution in [0.5, 0.6) is 0 Å². The van der Waals surface area contributed by atoms with Gasteiger partial charge in [0.2, 0.25) is 0 Å². The van der Waals surface area contributed by atoms with Crippen LogP contribution in [-0.2, 0) is 14.3 Å². The Hall–Kier alpha value is -0.450. The molecule has 1 aliphatic heterocycles. The molecule has 0 aromatic carbocycles. The van der Waals surface area contributed by atoms with Gasteiger partial charge in [-0.05, 0) is 101 Å². The molecule has 28 heavy (non-hydrogen) atoms. The van der Waals surface area contributed by atoms with E-state index in [1.165, 1.54) is 19.3 Å². The lowest BCUT2D eigenvalue weighted by atomic mass is 9.44. The maximum Gasteiger partial charge on any atom is 0.164 e. The third-order valence-corrected chi connectivity index (χ3v) is 10.2. The van der Waals surface area contributed by atoms with Gasteiger partial charge in [0.05, 0.1) is 12.2 Å². The zero-order valence-corrected chi connectivity index (χ0v) is 18.3. The number of aliphatic hydroxyl groups excluding tert-OH is 1. The van der Waals surface area contributed by atoms with Gasteiger partial charge >= 0.3 is 0 Å². The molecule has 0 unspecified atom stereocenters. The van der Waals surface area contributed by atoms with Gasteiger partial charge in [-0.25, -0.2) is 0 Å². The second-order valence-electron chi connectivity index (χ2n) is 11.7. The van der Waals surface area contributed by atoms with E-state index >= 15 is 0 Å². The van der Waals surface area contributed by atoms with E-state index < -0.39 is 11.4 Å². The molecule has 1 heterocycles. The number of ketones is 1. The van der Waals surface area contributed by atoms with Crippen LogP contribution < -0.4 is 0 Å². The van der Waals surface area contributed by atoms with E-state index in [0.29, 0.717) is 29.1 Å². The molecular formula is C24H38O4. The molecule has 0 aromatic heterocycles. The van der Waals surface area contributed by atoms with E-state index in [0.717, 1.165) is 32.1 Å². The number of rotatable bonds is 1. The molecule has 5 rings (SSSR count). The van der Waals surface area contributed by atoms with Gasteiger partial charge in [0.25, 0.3) is 0 Å². The van der Waals surface area contributed by atoms with Crippen LogP contribution in [0.4, 0.5) is 0 Å². The zero-order chi connectivity index (χ0) is 20.1. The lowest BCUT2D eigenvalue weighted by molar-refractivity contribution is -0.219. The Labute approximate surface area is 169 Å². The summed E-state index contributed by atoms with van der Waals surface area (Å²) < 4.78 is 12.9. The van der Waals surface area contributed by atoms with Crippen molar-refractivity contribution in [2.24, 2.45) is 34.5 Å². The molecule has 1 N–H and O–H groups in total. The topological polar surface area (TPSA) is 55.8 Å². The number of Topliss-reactive ketones (excluding diaryl/α,β-unsaturated/α-hetero) is 1. The summed E-state index contributed by atoms with van der Waals surface area (Å²) in [7, 11) is 0. The van der Waals surface area contributed by atoms with Crippen LogP contribution in [-0.4, -0.2) is 34.5 Å². The Morgan fingerprint density at radius 2 is 1.71 bits per heavy atom. The molecule has 0 spiro atoms. The summed E-state index contributed by atoms with van der Waals surface area (Å²) in [6.07, 6.45) is 8.57. The first-order valence-electron chi connectivity index (χ1n) is 11.6. The Morgan fingerprint density at radius 1 is 0.964 bits per heavy atom. The number of ether oxygens (including phenoxy) is 2. The highest BCUT2D eigenvalue weighted by atomic mass is 16.8. The number of hydrogen-bond donors (Lipinski definition) is 1. The smallest absolute Gasteiger partial charge is 0.164 e. The normalized spacial score (nSPS) is 57.1. The summed E-state index contributed by atoms with van der Waals surface area (Å²) in [6, 6.07) is 0. The van der Waals surface area contributed by atoms with Crippen LogP contribution in [0.1, 0.15) is 86.0 Å². The van der Waals surface area contributed by atoms with E-state index in [9.17, 15) is 9.90 Å². The molecule has 4 saturated carbocycles. The Bertz CT molecular complexity index is 688. The van der Waals surface area contributed by atoms with E-state index in [2.05, 4.69) is 13.8 Å². The Morgan fingerprint density at radius 3 is 2.43 bits per heavy atom. The van der Waals surface area contributed by atoms with Crippen molar-refractivity contribution in [1.29, 1.82) is 0 Å². The van der Waals surface area contributed by atoms with Crippen LogP contribution in [0, 0.1) is 34.5 Å². The third kappa shape index (κ3) is 2.26. The second kappa shape index (κ2) is 5.82. The minimum Gasteiger partial charge on any atom is -0.393 e. The number of fused-ring (bicyclic) bond motifs is 7. The summed E-state index contributed by atoms with van der Waals surface area (Å²) in [4.78, 5) is 13.1. The molecule has 0 aromatic rings. The van der Waals surface area contributed by atoms with Gasteiger partial charge in [-0.1, -0.05) is 13.8 Å². The summed E-state index contributed by atoms with van der Waals surface area (Å²) >= 11 is 0. The van der Waals surface area contributed by atoms with E-state index in [1.807, 2.05) is 13.8 Å². The van der Waals surface area contributed by atoms with Crippen molar-refractivity contribution in [1.82, 2.24) is 0 Å². The number of aliphatic hydroxyl groups is 1. The maximum atomic E-state index is 13.1.